The van der Waals surface area contributed by atoms with Gasteiger partial charge in [0.1, 0.15) is 5.82 Å². The Balaban J connectivity index is 1.43. The fourth-order valence-electron chi connectivity index (χ4n) is 3.55. The average Bonchev–Trinajstić information content (AvgIpc) is 2.70. The maximum Gasteiger partial charge on any atom is 0.227 e. The Bertz CT molecular complexity index is 852. The molecule has 2 aromatic rings. The normalized spacial score (nSPS) is 19.5. The number of amides is 1. The molecule has 27 heavy (non-hydrogen) atoms. The highest BCUT2D eigenvalue weighted by molar-refractivity contribution is 5.92. The second-order valence-corrected chi connectivity index (χ2v) is 7.13. The van der Waals surface area contributed by atoms with Gasteiger partial charge in [0, 0.05) is 36.6 Å². The Labute approximate surface area is 157 Å². The van der Waals surface area contributed by atoms with E-state index in [1.807, 2.05) is 6.20 Å². The molecule has 1 aliphatic carbocycles. The number of nitrogens with zero attached hydrogens (tertiary/aromatic N) is 3. The Kier molecular flexibility index (Phi) is 5.03. The predicted octanol–water partition coefficient (Wildman–Crippen LogP) is 2.50. The van der Waals surface area contributed by atoms with Crippen molar-refractivity contribution in [1.82, 2.24) is 9.97 Å². The molecule has 0 unspecified atom stereocenters. The van der Waals surface area contributed by atoms with E-state index >= 15 is 0 Å². The molecule has 0 spiro atoms. The van der Waals surface area contributed by atoms with Crippen molar-refractivity contribution in [3.63, 3.8) is 0 Å². The average molecular weight is 370 g/mol. The van der Waals surface area contributed by atoms with Gasteiger partial charge in [-0.15, -0.1) is 0 Å². The minimum Gasteiger partial charge on any atom is -0.378 e. The first-order valence-electron chi connectivity index (χ1n) is 9.34. The summed E-state index contributed by atoms with van der Waals surface area (Å²) in [4.78, 5) is 23.9. The first-order chi connectivity index (χ1) is 13.1. The third-order valence-corrected chi connectivity index (χ3v) is 5.24. The number of aryl methyl sites for hydroxylation is 2. The molecule has 0 radical (unpaired) electrons. The summed E-state index contributed by atoms with van der Waals surface area (Å²) in [5, 5.41) is 2.83. The zero-order valence-corrected chi connectivity index (χ0v) is 15.4. The smallest absolute Gasteiger partial charge is 0.227 e. The summed E-state index contributed by atoms with van der Waals surface area (Å²) in [6.07, 6.45) is 3.93. The number of carbonyl (C=O) groups excluding carboxylic acids is 1. The van der Waals surface area contributed by atoms with Crippen LogP contribution in [0.3, 0.4) is 0 Å². The van der Waals surface area contributed by atoms with Crippen LogP contribution >= 0.6 is 0 Å². The molecule has 1 atom stereocenters. The summed E-state index contributed by atoms with van der Waals surface area (Å²) < 4.78 is 19.1. The van der Waals surface area contributed by atoms with E-state index in [2.05, 4.69) is 15.2 Å². The van der Waals surface area contributed by atoms with Gasteiger partial charge in [-0.3, -0.25) is 4.79 Å². The number of anilines is 2. The van der Waals surface area contributed by atoms with Crippen molar-refractivity contribution in [2.75, 3.05) is 36.5 Å². The largest absolute Gasteiger partial charge is 0.378 e. The van der Waals surface area contributed by atoms with Crippen LogP contribution in [-0.2, 0) is 22.4 Å². The van der Waals surface area contributed by atoms with Crippen LogP contribution in [0.2, 0.25) is 0 Å². The topological polar surface area (TPSA) is 67.4 Å². The Morgan fingerprint density at radius 2 is 2.15 bits per heavy atom. The summed E-state index contributed by atoms with van der Waals surface area (Å²) >= 11 is 0. The van der Waals surface area contributed by atoms with Gasteiger partial charge in [-0.05, 0) is 49.4 Å². The summed E-state index contributed by atoms with van der Waals surface area (Å²) in [6, 6.07) is 4.76. The summed E-state index contributed by atoms with van der Waals surface area (Å²) in [7, 11) is 0. The van der Waals surface area contributed by atoms with Crippen molar-refractivity contribution in [3.05, 3.63) is 47.0 Å². The van der Waals surface area contributed by atoms with Crippen molar-refractivity contribution in [2.45, 2.75) is 26.2 Å². The number of fused-ring (bicyclic) bond motifs is 1. The van der Waals surface area contributed by atoms with E-state index in [9.17, 15) is 9.18 Å². The third kappa shape index (κ3) is 3.93. The monoisotopic (exact) mass is 370 g/mol. The molecule has 4 rings (SSSR count). The van der Waals surface area contributed by atoms with E-state index in [1.54, 1.807) is 19.1 Å². The Morgan fingerprint density at radius 3 is 2.93 bits per heavy atom. The molecule has 142 valence electrons. The maximum absolute atomic E-state index is 13.7. The number of aromatic nitrogens is 2. The molecule has 2 heterocycles. The van der Waals surface area contributed by atoms with Crippen LogP contribution in [0, 0.1) is 18.7 Å². The summed E-state index contributed by atoms with van der Waals surface area (Å²) in [6.45, 7) is 4.70. The second kappa shape index (κ2) is 7.60. The quantitative estimate of drug-likeness (QED) is 0.899. The van der Waals surface area contributed by atoms with Gasteiger partial charge in [0.25, 0.3) is 0 Å². The second-order valence-electron chi connectivity index (χ2n) is 7.13. The SMILES string of the molecule is Cc1ccc(NC(=O)[C@H]2CCc3nc(N4CCOCC4)ncc3C2)cc1F. The van der Waals surface area contributed by atoms with Crippen LogP contribution in [0.5, 0.6) is 0 Å². The van der Waals surface area contributed by atoms with Crippen LogP contribution in [0.15, 0.2) is 24.4 Å². The number of hydrogen-bond donors (Lipinski definition) is 1. The van der Waals surface area contributed by atoms with Crippen LogP contribution in [0.1, 0.15) is 23.2 Å². The molecule has 1 amide bonds. The van der Waals surface area contributed by atoms with Gasteiger partial charge in [-0.25, -0.2) is 14.4 Å². The first-order valence-corrected chi connectivity index (χ1v) is 9.34. The number of hydrogen-bond acceptors (Lipinski definition) is 5. The number of morpholine rings is 1. The van der Waals surface area contributed by atoms with Crippen molar-refractivity contribution < 1.29 is 13.9 Å². The minimum atomic E-state index is -0.314. The lowest BCUT2D eigenvalue weighted by molar-refractivity contribution is -0.120. The molecule has 2 aliphatic rings. The van der Waals surface area contributed by atoms with Gasteiger partial charge >= 0.3 is 0 Å². The van der Waals surface area contributed by atoms with E-state index < -0.39 is 0 Å². The number of ether oxygens (including phenoxy) is 1. The molecule has 0 saturated carbocycles. The zero-order valence-electron chi connectivity index (χ0n) is 15.4. The van der Waals surface area contributed by atoms with E-state index in [-0.39, 0.29) is 17.6 Å². The molecule has 1 aromatic carbocycles. The Morgan fingerprint density at radius 1 is 1.33 bits per heavy atom. The summed E-state index contributed by atoms with van der Waals surface area (Å²) in [5.74, 6) is 0.196. The molecule has 6 nitrogen and oxygen atoms in total. The van der Waals surface area contributed by atoms with Crippen LogP contribution in [0.4, 0.5) is 16.0 Å². The lowest BCUT2D eigenvalue weighted by Gasteiger charge is -2.28. The number of halogens is 1. The van der Waals surface area contributed by atoms with E-state index in [0.29, 0.717) is 30.9 Å². The number of carbonyl (C=O) groups is 1. The molecule has 1 aromatic heterocycles. The van der Waals surface area contributed by atoms with Crippen molar-refractivity contribution in [2.24, 2.45) is 5.92 Å². The molecular weight excluding hydrogens is 347 g/mol. The van der Waals surface area contributed by atoms with Gasteiger partial charge in [0.2, 0.25) is 11.9 Å². The van der Waals surface area contributed by atoms with E-state index in [0.717, 1.165) is 43.1 Å². The fraction of sp³-hybridized carbons (Fsp3) is 0.450. The third-order valence-electron chi connectivity index (χ3n) is 5.24. The van der Waals surface area contributed by atoms with Crippen molar-refractivity contribution in [1.29, 1.82) is 0 Å². The fourth-order valence-corrected chi connectivity index (χ4v) is 3.55. The molecule has 1 N–H and O–H groups in total. The van der Waals surface area contributed by atoms with Crippen LogP contribution < -0.4 is 10.2 Å². The van der Waals surface area contributed by atoms with Gasteiger partial charge in [0.05, 0.1) is 13.2 Å². The highest BCUT2D eigenvalue weighted by Gasteiger charge is 2.27. The van der Waals surface area contributed by atoms with Crippen molar-refractivity contribution >= 4 is 17.5 Å². The molecule has 1 aliphatic heterocycles. The summed E-state index contributed by atoms with van der Waals surface area (Å²) in [5.41, 5.74) is 3.10. The van der Waals surface area contributed by atoms with Crippen LogP contribution in [-0.4, -0.2) is 42.2 Å². The van der Waals surface area contributed by atoms with E-state index in [1.165, 1.54) is 6.07 Å². The molecule has 7 heteroatoms. The maximum atomic E-state index is 13.7. The Hall–Kier alpha value is -2.54. The first kappa shape index (κ1) is 17.9. The van der Waals surface area contributed by atoms with E-state index in [4.69, 9.17) is 9.72 Å². The molecule has 1 fully saturated rings. The molecule has 0 bridgehead atoms. The van der Waals surface area contributed by atoms with Gasteiger partial charge in [-0.1, -0.05) is 6.07 Å². The minimum absolute atomic E-state index is 0.0823. The standard InChI is InChI=1S/C20H23FN4O2/c1-13-2-4-16(11-17(13)21)23-19(26)14-3-5-18-15(10-14)12-22-20(24-18)25-6-8-27-9-7-25/h2,4,11-12,14H,3,5-10H2,1H3,(H,23,26)/t14-/m0/s1. The number of rotatable bonds is 3. The lowest BCUT2D eigenvalue weighted by atomic mass is 9.86. The molecular formula is C20H23FN4O2. The van der Waals surface area contributed by atoms with Crippen molar-refractivity contribution in [3.8, 4) is 0 Å². The van der Waals surface area contributed by atoms with Gasteiger partial charge in [0.15, 0.2) is 0 Å². The number of benzene rings is 1. The number of nitrogens with one attached hydrogen (secondary N) is 1. The molecule has 1 saturated heterocycles. The highest BCUT2D eigenvalue weighted by atomic mass is 19.1. The van der Waals surface area contributed by atoms with Gasteiger partial charge in [-0.2, -0.15) is 0 Å². The van der Waals surface area contributed by atoms with Crippen LogP contribution in [0.25, 0.3) is 0 Å². The highest BCUT2D eigenvalue weighted by Crippen LogP contribution is 2.27. The van der Waals surface area contributed by atoms with Gasteiger partial charge < -0.3 is 15.0 Å². The predicted molar refractivity (Wildman–Crippen MR) is 100 cm³/mol. The lowest BCUT2D eigenvalue weighted by Crippen LogP contribution is -2.38. The zero-order chi connectivity index (χ0) is 18.8.